The lowest BCUT2D eigenvalue weighted by atomic mass is 10.2. The molecule has 0 aromatic rings. The first kappa shape index (κ1) is 15.7. The van der Waals surface area contributed by atoms with Crippen molar-refractivity contribution in [2.24, 2.45) is 0 Å². The number of nitrogens with zero attached hydrogens (tertiary/aromatic N) is 1. The smallest absolute Gasteiger partial charge is 0.00218 e. The molecule has 0 spiro atoms. The zero-order valence-electron chi connectivity index (χ0n) is 9.51. The highest BCUT2D eigenvalue weighted by atomic mass is 35.5. The van der Waals surface area contributed by atoms with Crippen LogP contribution in [0, 0.1) is 0 Å². The van der Waals surface area contributed by atoms with E-state index in [2.05, 4.69) is 25.8 Å². The van der Waals surface area contributed by atoms with Gasteiger partial charge in [-0.05, 0) is 33.0 Å². The molecule has 1 nitrogen and oxygen atoms in total. The van der Waals surface area contributed by atoms with Crippen LogP contribution in [0.15, 0.2) is 0 Å². The standard InChI is InChI=1S/C11H25N.ClH/c1-4-6-8-10-12(3)11-9-7-5-2;/h4-11H2,1-3H3;1H. The minimum absolute atomic E-state index is 0. The fourth-order valence-electron chi connectivity index (χ4n) is 1.38. The van der Waals surface area contributed by atoms with Crippen LogP contribution in [0.25, 0.3) is 0 Å². The number of hydrogen-bond acceptors (Lipinski definition) is 1. The van der Waals surface area contributed by atoms with E-state index >= 15 is 0 Å². The molecular formula is C11H26ClN. The van der Waals surface area contributed by atoms with Crippen molar-refractivity contribution in [1.82, 2.24) is 4.90 Å². The molecule has 0 rings (SSSR count). The minimum atomic E-state index is 0. The van der Waals surface area contributed by atoms with Gasteiger partial charge in [-0.2, -0.15) is 0 Å². The van der Waals surface area contributed by atoms with Crippen LogP contribution < -0.4 is 0 Å². The SMILES string of the molecule is CCCCCN(C)CCCCC.Cl. The van der Waals surface area contributed by atoms with Gasteiger partial charge >= 0.3 is 0 Å². The molecule has 0 aliphatic carbocycles. The van der Waals surface area contributed by atoms with Gasteiger partial charge in [0, 0.05) is 0 Å². The highest BCUT2D eigenvalue weighted by Crippen LogP contribution is 1.99. The second-order valence-corrected chi connectivity index (χ2v) is 3.72. The Morgan fingerprint density at radius 1 is 0.769 bits per heavy atom. The van der Waals surface area contributed by atoms with E-state index in [1.165, 1.54) is 51.6 Å². The summed E-state index contributed by atoms with van der Waals surface area (Å²) in [6.07, 6.45) is 8.19. The van der Waals surface area contributed by atoms with Gasteiger partial charge in [-0.1, -0.05) is 39.5 Å². The van der Waals surface area contributed by atoms with E-state index < -0.39 is 0 Å². The third kappa shape index (κ3) is 12.2. The van der Waals surface area contributed by atoms with Crippen LogP contribution in [0.3, 0.4) is 0 Å². The second-order valence-electron chi connectivity index (χ2n) is 3.72. The fourth-order valence-corrected chi connectivity index (χ4v) is 1.38. The summed E-state index contributed by atoms with van der Waals surface area (Å²) in [6.45, 7) is 7.10. The molecule has 0 fully saturated rings. The summed E-state index contributed by atoms with van der Waals surface area (Å²) in [7, 11) is 2.24. The van der Waals surface area contributed by atoms with Crippen molar-refractivity contribution >= 4 is 12.4 Å². The predicted octanol–water partition coefficient (Wildman–Crippen LogP) is 3.72. The fraction of sp³-hybridized carbons (Fsp3) is 1.00. The van der Waals surface area contributed by atoms with E-state index in [9.17, 15) is 0 Å². The van der Waals surface area contributed by atoms with Gasteiger partial charge in [-0.15, -0.1) is 12.4 Å². The molecule has 0 N–H and O–H groups in total. The summed E-state index contributed by atoms with van der Waals surface area (Å²) in [4.78, 5) is 2.46. The lowest BCUT2D eigenvalue weighted by molar-refractivity contribution is 0.317. The average Bonchev–Trinajstić information content (AvgIpc) is 2.06. The molecule has 0 saturated heterocycles. The summed E-state index contributed by atoms with van der Waals surface area (Å²) in [5.41, 5.74) is 0. The predicted molar refractivity (Wildman–Crippen MR) is 63.8 cm³/mol. The van der Waals surface area contributed by atoms with Crippen LogP contribution in [-0.2, 0) is 0 Å². The van der Waals surface area contributed by atoms with Crippen LogP contribution >= 0.6 is 12.4 Å². The van der Waals surface area contributed by atoms with Crippen molar-refractivity contribution in [3.8, 4) is 0 Å². The molecule has 0 unspecified atom stereocenters. The summed E-state index contributed by atoms with van der Waals surface area (Å²) >= 11 is 0. The Labute approximate surface area is 90.3 Å². The van der Waals surface area contributed by atoms with Gasteiger partial charge in [0.05, 0.1) is 0 Å². The Kier molecular flexibility index (Phi) is 14.8. The Balaban J connectivity index is 0. The van der Waals surface area contributed by atoms with Crippen molar-refractivity contribution in [3.05, 3.63) is 0 Å². The Morgan fingerprint density at radius 3 is 1.46 bits per heavy atom. The maximum atomic E-state index is 2.46. The van der Waals surface area contributed by atoms with Crippen LogP contribution in [0.4, 0.5) is 0 Å². The first-order valence-electron chi connectivity index (χ1n) is 5.49. The van der Waals surface area contributed by atoms with Gasteiger partial charge in [0.25, 0.3) is 0 Å². The summed E-state index contributed by atoms with van der Waals surface area (Å²) in [5.74, 6) is 0. The summed E-state index contributed by atoms with van der Waals surface area (Å²) in [6, 6.07) is 0. The van der Waals surface area contributed by atoms with E-state index in [4.69, 9.17) is 0 Å². The molecule has 0 aliphatic heterocycles. The average molecular weight is 208 g/mol. The van der Waals surface area contributed by atoms with Gasteiger partial charge in [-0.3, -0.25) is 0 Å². The number of hydrogen-bond donors (Lipinski definition) is 0. The van der Waals surface area contributed by atoms with E-state index in [-0.39, 0.29) is 12.4 Å². The molecule has 0 radical (unpaired) electrons. The molecule has 13 heavy (non-hydrogen) atoms. The van der Waals surface area contributed by atoms with Crippen LogP contribution in [0.1, 0.15) is 52.4 Å². The van der Waals surface area contributed by atoms with E-state index in [0.717, 1.165) is 0 Å². The number of halogens is 1. The van der Waals surface area contributed by atoms with Crippen molar-refractivity contribution in [2.45, 2.75) is 52.4 Å². The van der Waals surface area contributed by atoms with Crippen LogP contribution in [-0.4, -0.2) is 25.0 Å². The first-order chi connectivity index (χ1) is 5.81. The molecule has 0 atom stereocenters. The van der Waals surface area contributed by atoms with Gasteiger partial charge < -0.3 is 4.90 Å². The molecule has 0 amide bonds. The maximum Gasteiger partial charge on any atom is -0.00218 e. The van der Waals surface area contributed by atoms with Gasteiger partial charge in [-0.25, -0.2) is 0 Å². The number of unbranched alkanes of at least 4 members (excludes halogenated alkanes) is 4. The van der Waals surface area contributed by atoms with Gasteiger partial charge in [0.15, 0.2) is 0 Å². The molecule has 0 aromatic carbocycles. The number of rotatable bonds is 8. The van der Waals surface area contributed by atoms with Gasteiger partial charge in [0.2, 0.25) is 0 Å². The van der Waals surface area contributed by atoms with Crippen LogP contribution in [0.5, 0.6) is 0 Å². The lowest BCUT2D eigenvalue weighted by Crippen LogP contribution is -2.20. The molecule has 0 bridgehead atoms. The van der Waals surface area contributed by atoms with E-state index in [1.807, 2.05) is 0 Å². The van der Waals surface area contributed by atoms with E-state index in [0.29, 0.717) is 0 Å². The van der Waals surface area contributed by atoms with Crippen molar-refractivity contribution in [3.63, 3.8) is 0 Å². The molecule has 0 aliphatic rings. The Hall–Kier alpha value is 0.250. The summed E-state index contributed by atoms with van der Waals surface area (Å²) in [5, 5.41) is 0. The van der Waals surface area contributed by atoms with Crippen molar-refractivity contribution < 1.29 is 0 Å². The third-order valence-corrected chi connectivity index (χ3v) is 2.29. The van der Waals surface area contributed by atoms with E-state index in [1.54, 1.807) is 0 Å². The highest BCUT2D eigenvalue weighted by Gasteiger charge is 1.96. The second kappa shape index (κ2) is 12.2. The zero-order chi connectivity index (χ0) is 9.23. The molecule has 0 saturated carbocycles. The molecule has 82 valence electrons. The normalized spacial score (nSPS) is 10.2. The molecule has 0 aromatic heterocycles. The first-order valence-corrected chi connectivity index (χ1v) is 5.49. The van der Waals surface area contributed by atoms with Crippen LogP contribution in [0.2, 0.25) is 0 Å². The lowest BCUT2D eigenvalue weighted by Gasteiger charge is -2.15. The summed E-state index contributed by atoms with van der Waals surface area (Å²) < 4.78 is 0. The minimum Gasteiger partial charge on any atom is -0.306 e. The molecule has 2 heteroatoms. The zero-order valence-corrected chi connectivity index (χ0v) is 10.3. The Morgan fingerprint density at radius 2 is 1.15 bits per heavy atom. The Bertz CT molecular complexity index is 76.2. The largest absolute Gasteiger partial charge is 0.306 e. The third-order valence-electron chi connectivity index (χ3n) is 2.29. The molecule has 0 heterocycles. The topological polar surface area (TPSA) is 3.24 Å². The maximum absolute atomic E-state index is 2.46. The van der Waals surface area contributed by atoms with Gasteiger partial charge in [0.1, 0.15) is 0 Å². The van der Waals surface area contributed by atoms with Crippen molar-refractivity contribution in [1.29, 1.82) is 0 Å². The molecular weight excluding hydrogens is 182 g/mol. The highest BCUT2D eigenvalue weighted by molar-refractivity contribution is 5.85. The monoisotopic (exact) mass is 207 g/mol. The quantitative estimate of drug-likeness (QED) is 0.549. The van der Waals surface area contributed by atoms with Crippen molar-refractivity contribution in [2.75, 3.05) is 20.1 Å².